The van der Waals surface area contributed by atoms with Gasteiger partial charge < -0.3 is 0 Å². The number of nitrogens with zero attached hydrogens (tertiary/aromatic N) is 4. The summed E-state index contributed by atoms with van der Waals surface area (Å²) in [7, 11) is 0. The van der Waals surface area contributed by atoms with Gasteiger partial charge in [0.2, 0.25) is 0 Å². The molecule has 0 aliphatic rings. The van der Waals surface area contributed by atoms with Crippen molar-refractivity contribution < 1.29 is 9.49 Å². The molecule has 6 heteroatoms. The summed E-state index contributed by atoms with van der Waals surface area (Å²) in [5.74, 6) is 0.306. The van der Waals surface area contributed by atoms with Gasteiger partial charge in [0.25, 0.3) is 6.33 Å². The topological polar surface area (TPSA) is 64.8 Å². The molecule has 0 radical (unpaired) electrons. The van der Waals surface area contributed by atoms with Gasteiger partial charge in [-0.2, -0.15) is 4.57 Å². The van der Waals surface area contributed by atoms with E-state index in [2.05, 4.69) is 11.6 Å². The highest BCUT2D eigenvalue weighted by Crippen LogP contribution is 2.18. The maximum atomic E-state index is 10.9. The normalized spacial score (nSPS) is 10.1. The molecule has 2 rings (SSSR count). The first kappa shape index (κ1) is 11.0. The van der Waals surface area contributed by atoms with Crippen LogP contribution in [0.15, 0.2) is 49.7 Å². The second kappa shape index (κ2) is 4.56. The Balaban J connectivity index is 2.44. The van der Waals surface area contributed by atoms with E-state index in [1.165, 1.54) is 12.3 Å². The summed E-state index contributed by atoms with van der Waals surface area (Å²) in [6, 6.07) is 2.98. The zero-order chi connectivity index (χ0) is 12.3. The van der Waals surface area contributed by atoms with Crippen molar-refractivity contribution in [1.82, 2.24) is 9.55 Å². The standard InChI is InChI=1S/C11H11N4O2/c1-2-6-13-7-8-14(9-13)11-10(15(16)17)4-3-5-12-11/h2-5,7-9H,1,6H2/q+1. The molecule has 0 atom stereocenters. The summed E-state index contributed by atoms with van der Waals surface area (Å²) in [5.41, 5.74) is -0.0196. The highest BCUT2D eigenvalue weighted by atomic mass is 16.6. The average Bonchev–Trinajstić information content (AvgIpc) is 2.78. The van der Waals surface area contributed by atoms with Gasteiger partial charge in [-0.1, -0.05) is 12.7 Å². The van der Waals surface area contributed by atoms with Crippen LogP contribution >= 0.6 is 0 Å². The largest absolute Gasteiger partial charge is 0.336 e. The zero-order valence-electron chi connectivity index (χ0n) is 9.06. The number of hydrogen-bond acceptors (Lipinski definition) is 3. The summed E-state index contributed by atoms with van der Waals surface area (Å²) >= 11 is 0. The highest BCUT2D eigenvalue weighted by Gasteiger charge is 2.20. The minimum absolute atomic E-state index is 0.0196. The van der Waals surface area contributed by atoms with Crippen molar-refractivity contribution in [1.29, 1.82) is 0 Å². The van der Waals surface area contributed by atoms with Gasteiger partial charge in [-0.15, -0.1) is 0 Å². The Hall–Kier alpha value is -2.50. The fourth-order valence-electron chi connectivity index (χ4n) is 1.51. The maximum absolute atomic E-state index is 10.9. The maximum Gasteiger partial charge on any atom is 0.336 e. The first-order chi connectivity index (χ1) is 8.22. The van der Waals surface area contributed by atoms with Gasteiger partial charge in [0.05, 0.1) is 4.92 Å². The molecule has 0 fully saturated rings. The predicted octanol–water partition coefficient (Wildman–Crippen LogP) is 1.25. The molecule has 86 valence electrons. The van der Waals surface area contributed by atoms with Crippen molar-refractivity contribution >= 4 is 5.69 Å². The average molecular weight is 231 g/mol. The molecule has 17 heavy (non-hydrogen) atoms. The molecule has 0 amide bonds. The molecule has 0 aliphatic carbocycles. The molecule has 2 heterocycles. The molecular formula is C11H11N4O2+. The van der Waals surface area contributed by atoms with Crippen LogP contribution in [0.5, 0.6) is 0 Å². The van der Waals surface area contributed by atoms with E-state index in [0.717, 1.165) is 0 Å². The molecule has 0 bridgehead atoms. The zero-order valence-corrected chi connectivity index (χ0v) is 9.06. The predicted molar refractivity (Wildman–Crippen MR) is 60.6 cm³/mol. The number of imidazole rings is 1. The molecule has 0 unspecified atom stereocenters. The smallest absolute Gasteiger partial charge is 0.258 e. The van der Waals surface area contributed by atoms with Crippen LogP contribution in [0.1, 0.15) is 0 Å². The second-order valence-electron chi connectivity index (χ2n) is 3.41. The Morgan fingerprint density at radius 1 is 1.65 bits per heavy atom. The van der Waals surface area contributed by atoms with Crippen molar-refractivity contribution in [3.8, 4) is 5.82 Å². The van der Waals surface area contributed by atoms with Gasteiger partial charge >= 0.3 is 11.5 Å². The minimum Gasteiger partial charge on any atom is -0.258 e. The third kappa shape index (κ3) is 2.20. The number of nitro groups is 1. The van der Waals surface area contributed by atoms with E-state index >= 15 is 0 Å². The lowest BCUT2D eigenvalue weighted by atomic mass is 10.4. The van der Waals surface area contributed by atoms with Crippen LogP contribution in [0.3, 0.4) is 0 Å². The van der Waals surface area contributed by atoms with Crippen LogP contribution in [0.2, 0.25) is 0 Å². The summed E-state index contributed by atoms with van der Waals surface area (Å²) in [6.07, 6.45) is 8.54. The van der Waals surface area contributed by atoms with Crippen molar-refractivity contribution in [2.75, 3.05) is 0 Å². The number of rotatable bonds is 4. The van der Waals surface area contributed by atoms with Crippen molar-refractivity contribution in [3.63, 3.8) is 0 Å². The van der Waals surface area contributed by atoms with Crippen LogP contribution in [0, 0.1) is 10.1 Å². The van der Waals surface area contributed by atoms with Gasteiger partial charge in [-0.25, -0.2) is 9.55 Å². The van der Waals surface area contributed by atoms with Crippen LogP contribution < -0.4 is 4.57 Å². The fraction of sp³-hybridized carbons (Fsp3) is 0.0909. The fourth-order valence-corrected chi connectivity index (χ4v) is 1.51. The summed E-state index contributed by atoms with van der Waals surface area (Å²) in [6.45, 7) is 4.28. The summed E-state index contributed by atoms with van der Waals surface area (Å²) in [4.78, 5) is 14.4. The summed E-state index contributed by atoms with van der Waals surface area (Å²) < 4.78 is 3.47. The molecule has 0 spiro atoms. The number of aromatic nitrogens is 3. The van der Waals surface area contributed by atoms with Crippen molar-refractivity contribution in [2.24, 2.45) is 0 Å². The lowest BCUT2D eigenvalue weighted by molar-refractivity contribution is -0.686. The monoisotopic (exact) mass is 231 g/mol. The Bertz CT molecular complexity index is 562. The Morgan fingerprint density at radius 3 is 3.18 bits per heavy atom. The molecule has 6 nitrogen and oxygen atoms in total. The van der Waals surface area contributed by atoms with E-state index in [0.29, 0.717) is 12.4 Å². The van der Waals surface area contributed by atoms with Crippen LogP contribution in [-0.4, -0.2) is 14.5 Å². The molecule has 0 aromatic carbocycles. The third-order valence-electron chi connectivity index (χ3n) is 2.24. The number of hydrogen-bond donors (Lipinski definition) is 0. The Morgan fingerprint density at radius 2 is 2.47 bits per heavy atom. The van der Waals surface area contributed by atoms with Gasteiger partial charge in [0.1, 0.15) is 18.9 Å². The molecule has 0 aliphatic heterocycles. The van der Waals surface area contributed by atoms with Crippen LogP contribution in [-0.2, 0) is 6.54 Å². The lowest BCUT2D eigenvalue weighted by Gasteiger charge is -1.95. The lowest BCUT2D eigenvalue weighted by Crippen LogP contribution is -2.29. The molecule has 2 aromatic rings. The van der Waals surface area contributed by atoms with Crippen molar-refractivity contribution in [2.45, 2.75) is 6.54 Å². The molecule has 0 N–H and O–H groups in total. The first-order valence-electron chi connectivity index (χ1n) is 5.00. The van der Waals surface area contributed by atoms with Crippen LogP contribution in [0.25, 0.3) is 5.82 Å². The van der Waals surface area contributed by atoms with E-state index in [4.69, 9.17) is 0 Å². The van der Waals surface area contributed by atoms with Crippen molar-refractivity contribution in [3.05, 3.63) is 59.8 Å². The van der Waals surface area contributed by atoms with Crippen LogP contribution in [0.4, 0.5) is 5.69 Å². The van der Waals surface area contributed by atoms with E-state index in [9.17, 15) is 10.1 Å². The number of allylic oxidation sites excluding steroid dienone is 1. The molecule has 0 saturated carbocycles. The van der Waals surface area contributed by atoms with E-state index in [1.807, 2.05) is 4.57 Å². The minimum atomic E-state index is -0.444. The second-order valence-corrected chi connectivity index (χ2v) is 3.41. The van der Waals surface area contributed by atoms with Gasteiger partial charge in [0, 0.05) is 12.3 Å². The summed E-state index contributed by atoms with van der Waals surface area (Å²) in [5, 5.41) is 10.9. The van der Waals surface area contributed by atoms with E-state index < -0.39 is 4.92 Å². The van der Waals surface area contributed by atoms with Gasteiger partial charge in [0.15, 0.2) is 0 Å². The van der Waals surface area contributed by atoms with E-state index in [1.54, 1.807) is 35.4 Å². The third-order valence-corrected chi connectivity index (χ3v) is 2.24. The SMILES string of the molecule is C=CC[n+]1ccn(-c2ncccc2[N+](=O)[O-])c1. The van der Waals surface area contributed by atoms with E-state index in [-0.39, 0.29) is 5.69 Å². The van der Waals surface area contributed by atoms with Gasteiger partial charge in [-0.05, 0) is 6.07 Å². The highest BCUT2D eigenvalue weighted by molar-refractivity contribution is 5.45. The first-order valence-corrected chi connectivity index (χ1v) is 5.00. The molecule has 2 aromatic heterocycles. The number of pyridine rings is 1. The molecular weight excluding hydrogens is 220 g/mol. The Kier molecular flexibility index (Phi) is 2.95. The quantitative estimate of drug-likeness (QED) is 0.344. The van der Waals surface area contributed by atoms with Gasteiger partial charge in [-0.3, -0.25) is 10.1 Å². The Labute approximate surface area is 97.6 Å². The molecule has 0 saturated heterocycles.